The van der Waals surface area contributed by atoms with Crippen LogP contribution in [-0.2, 0) is 17.6 Å². The zero-order valence-electron chi connectivity index (χ0n) is 16.5. The summed E-state index contributed by atoms with van der Waals surface area (Å²) in [4.78, 5) is 24.1. The van der Waals surface area contributed by atoms with Crippen molar-refractivity contribution >= 4 is 16.9 Å². The number of halogens is 1. The van der Waals surface area contributed by atoms with E-state index in [1.807, 2.05) is 19.1 Å². The number of hydrogen-bond donors (Lipinski definition) is 1. The number of hydrogen-bond acceptors (Lipinski definition) is 4. The van der Waals surface area contributed by atoms with Crippen LogP contribution in [0, 0.1) is 5.82 Å². The van der Waals surface area contributed by atoms with E-state index in [0.717, 1.165) is 29.4 Å². The number of aryl methyl sites for hydroxylation is 1. The summed E-state index contributed by atoms with van der Waals surface area (Å²) in [5.41, 5.74) is 1.79. The number of benzene rings is 2. The summed E-state index contributed by atoms with van der Waals surface area (Å²) >= 11 is 0. The van der Waals surface area contributed by atoms with E-state index in [9.17, 15) is 14.0 Å². The van der Waals surface area contributed by atoms with Crippen LogP contribution >= 0.6 is 0 Å². The zero-order chi connectivity index (χ0) is 20.8. The first kappa shape index (κ1) is 20.6. The van der Waals surface area contributed by atoms with Crippen LogP contribution in [-0.4, -0.2) is 18.6 Å². The molecule has 0 radical (unpaired) electrons. The predicted octanol–water partition coefficient (Wildman–Crippen LogP) is 4.01. The van der Waals surface area contributed by atoms with Gasteiger partial charge in [-0.05, 0) is 55.2 Å². The molecule has 1 aromatic heterocycles. The third kappa shape index (κ3) is 5.44. The Hall–Kier alpha value is -3.15. The van der Waals surface area contributed by atoms with Gasteiger partial charge in [-0.15, -0.1) is 0 Å². The van der Waals surface area contributed by atoms with Crippen molar-refractivity contribution in [3.8, 4) is 5.75 Å². The lowest BCUT2D eigenvalue weighted by Crippen LogP contribution is -2.37. The topological polar surface area (TPSA) is 68.5 Å². The van der Waals surface area contributed by atoms with Crippen LogP contribution in [0.1, 0.15) is 31.4 Å². The summed E-state index contributed by atoms with van der Waals surface area (Å²) in [6, 6.07) is 13.0. The monoisotopic (exact) mass is 397 g/mol. The second-order valence-corrected chi connectivity index (χ2v) is 6.93. The highest BCUT2D eigenvalue weighted by Gasteiger charge is 2.15. The molecule has 29 heavy (non-hydrogen) atoms. The number of ether oxygens (including phenoxy) is 1. The summed E-state index contributed by atoms with van der Waals surface area (Å²) < 4.78 is 24.2. The Bertz CT molecular complexity index is 1060. The second-order valence-electron chi connectivity index (χ2n) is 6.93. The van der Waals surface area contributed by atoms with E-state index in [2.05, 4.69) is 5.32 Å². The zero-order valence-corrected chi connectivity index (χ0v) is 16.5. The molecule has 0 aliphatic carbocycles. The predicted molar refractivity (Wildman–Crippen MR) is 110 cm³/mol. The van der Waals surface area contributed by atoms with Crippen molar-refractivity contribution in [3.63, 3.8) is 0 Å². The Balaban J connectivity index is 1.62. The quantitative estimate of drug-likeness (QED) is 0.583. The van der Waals surface area contributed by atoms with Gasteiger partial charge in [0.2, 0.25) is 0 Å². The Morgan fingerprint density at radius 1 is 1.17 bits per heavy atom. The molecule has 152 valence electrons. The van der Waals surface area contributed by atoms with Crippen molar-refractivity contribution in [1.29, 1.82) is 0 Å². The molecule has 0 saturated heterocycles. The Morgan fingerprint density at radius 2 is 2.00 bits per heavy atom. The van der Waals surface area contributed by atoms with Gasteiger partial charge in [0.1, 0.15) is 17.1 Å². The lowest BCUT2D eigenvalue weighted by atomic mass is 10.1. The minimum Gasteiger partial charge on any atom is -0.481 e. The van der Waals surface area contributed by atoms with E-state index in [1.165, 1.54) is 18.2 Å². The molecule has 5 nitrogen and oxygen atoms in total. The van der Waals surface area contributed by atoms with Gasteiger partial charge >= 0.3 is 5.63 Å². The molecule has 1 heterocycles. The van der Waals surface area contributed by atoms with E-state index in [-0.39, 0.29) is 11.7 Å². The van der Waals surface area contributed by atoms with Crippen LogP contribution in [0.25, 0.3) is 11.0 Å². The smallest absolute Gasteiger partial charge is 0.336 e. The van der Waals surface area contributed by atoms with Crippen molar-refractivity contribution in [2.24, 2.45) is 0 Å². The third-order valence-corrected chi connectivity index (χ3v) is 4.61. The minimum absolute atomic E-state index is 0.275. The van der Waals surface area contributed by atoms with Gasteiger partial charge in [0.25, 0.3) is 5.91 Å². The van der Waals surface area contributed by atoms with Gasteiger partial charge in [-0.2, -0.15) is 0 Å². The van der Waals surface area contributed by atoms with Gasteiger partial charge in [-0.1, -0.05) is 25.5 Å². The molecule has 0 fully saturated rings. The van der Waals surface area contributed by atoms with E-state index in [1.54, 1.807) is 25.1 Å². The molecule has 6 heteroatoms. The van der Waals surface area contributed by atoms with Gasteiger partial charge in [0.05, 0.1) is 0 Å². The molecule has 1 N–H and O–H groups in total. The fraction of sp³-hybridized carbons (Fsp3) is 0.304. The molecule has 1 amide bonds. The highest BCUT2D eigenvalue weighted by atomic mass is 19.1. The van der Waals surface area contributed by atoms with Crippen molar-refractivity contribution < 1.29 is 18.3 Å². The summed E-state index contributed by atoms with van der Waals surface area (Å²) in [5, 5.41) is 3.65. The Labute approximate surface area is 168 Å². The summed E-state index contributed by atoms with van der Waals surface area (Å²) in [7, 11) is 0. The molecular weight excluding hydrogens is 373 g/mol. The highest BCUT2D eigenvalue weighted by Crippen LogP contribution is 2.24. The van der Waals surface area contributed by atoms with Crippen LogP contribution in [0.2, 0.25) is 0 Å². The van der Waals surface area contributed by atoms with Gasteiger partial charge in [0.15, 0.2) is 6.10 Å². The molecule has 3 rings (SSSR count). The highest BCUT2D eigenvalue weighted by molar-refractivity contribution is 5.83. The molecule has 0 aliphatic rings. The Kier molecular flexibility index (Phi) is 6.65. The van der Waals surface area contributed by atoms with E-state index in [4.69, 9.17) is 9.15 Å². The average molecular weight is 397 g/mol. The van der Waals surface area contributed by atoms with E-state index < -0.39 is 11.7 Å². The number of carbonyl (C=O) groups excluding carboxylic acids is 1. The molecular formula is C23H24FNO4. The fourth-order valence-corrected chi connectivity index (χ4v) is 3.18. The number of fused-ring (bicyclic) bond motifs is 1. The van der Waals surface area contributed by atoms with E-state index >= 15 is 0 Å². The van der Waals surface area contributed by atoms with Gasteiger partial charge in [0, 0.05) is 24.1 Å². The number of rotatable bonds is 8. The van der Waals surface area contributed by atoms with Crippen molar-refractivity contribution in [2.45, 2.75) is 39.2 Å². The first-order valence-electron chi connectivity index (χ1n) is 9.72. The first-order valence-corrected chi connectivity index (χ1v) is 9.72. The van der Waals surface area contributed by atoms with Crippen LogP contribution in [0.4, 0.5) is 4.39 Å². The maximum atomic E-state index is 13.2. The minimum atomic E-state index is -0.731. The van der Waals surface area contributed by atoms with Crippen LogP contribution in [0.3, 0.4) is 0 Å². The maximum Gasteiger partial charge on any atom is 0.336 e. The standard InChI is InChI=1S/C23H24FNO4/c1-3-5-17-13-22(26)29-21-14-19(8-9-20(17)21)28-15(2)23(27)25-11-10-16-6-4-7-18(24)12-16/h4,6-9,12-15H,3,5,10-11H2,1-2H3,(H,25,27). The van der Waals surface area contributed by atoms with Gasteiger partial charge in [-0.25, -0.2) is 9.18 Å². The Morgan fingerprint density at radius 3 is 2.76 bits per heavy atom. The van der Waals surface area contributed by atoms with Crippen molar-refractivity contribution in [1.82, 2.24) is 5.32 Å². The molecule has 0 spiro atoms. The van der Waals surface area contributed by atoms with Gasteiger partial charge < -0.3 is 14.5 Å². The van der Waals surface area contributed by atoms with Gasteiger partial charge in [-0.3, -0.25) is 4.79 Å². The third-order valence-electron chi connectivity index (χ3n) is 4.61. The molecule has 1 atom stereocenters. The SMILES string of the molecule is CCCc1cc(=O)oc2cc(OC(C)C(=O)NCCc3cccc(F)c3)ccc12. The van der Waals surface area contributed by atoms with Crippen molar-refractivity contribution in [3.05, 3.63) is 75.9 Å². The maximum absolute atomic E-state index is 13.2. The molecule has 1 unspecified atom stereocenters. The molecule has 0 aliphatic heterocycles. The lowest BCUT2D eigenvalue weighted by molar-refractivity contribution is -0.127. The molecule has 0 bridgehead atoms. The molecule has 0 saturated carbocycles. The summed E-state index contributed by atoms with van der Waals surface area (Å²) in [5.74, 6) is -0.125. The number of nitrogens with one attached hydrogen (secondary N) is 1. The normalized spacial score (nSPS) is 12.0. The number of amides is 1. The number of carbonyl (C=O) groups is 1. The summed E-state index contributed by atoms with van der Waals surface area (Å²) in [6.45, 7) is 4.07. The second kappa shape index (κ2) is 9.37. The largest absolute Gasteiger partial charge is 0.481 e. The van der Waals surface area contributed by atoms with Crippen LogP contribution < -0.4 is 15.7 Å². The van der Waals surface area contributed by atoms with Crippen molar-refractivity contribution in [2.75, 3.05) is 6.54 Å². The van der Waals surface area contributed by atoms with Crippen LogP contribution in [0.15, 0.2) is 57.7 Å². The fourth-order valence-electron chi connectivity index (χ4n) is 3.18. The van der Waals surface area contributed by atoms with E-state index in [0.29, 0.717) is 24.3 Å². The molecule has 3 aromatic rings. The first-order chi connectivity index (χ1) is 14.0. The average Bonchev–Trinajstić information content (AvgIpc) is 2.67. The lowest BCUT2D eigenvalue weighted by Gasteiger charge is -2.15. The molecule has 2 aromatic carbocycles. The van der Waals surface area contributed by atoms with Crippen LogP contribution in [0.5, 0.6) is 5.75 Å². The summed E-state index contributed by atoms with van der Waals surface area (Å²) in [6.07, 6.45) is 1.50.